The predicted molar refractivity (Wildman–Crippen MR) is 121 cm³/mol. The largest absolute Gasteiger partial charge is 0.493 e. The number of methoxy groups -OCH3 is 2. The summed E-state index contributed by atoms with van der Waals surface area (Å²) in [5, 5.41) is 7.30. The van der Waals surface area contributed by atoms with Crippen LogP contribution in [0.3, 0.4) is 0 Å². The lowest BCUT2D eigenvalue weighted by atomic mass is 10.1. The van der Waals surface area contributed by atoms with Crippen LogP contribution in [0.5, 0.6) is 11.5 Å². The van der Waals surface area contributed by atoms with E-state index < -0.39 is 11.7 Å². The topological polar surface area (TPSA) is 65.4 Å². The molecule has 6 nitrogen and oxygen atoms in total. The second kappa shape index (κ2) is 8.93. The highest BCUT2D eigenvalue weighted by Gasteiger charge is 2.21. The Labute approximate surface area is 185 Å². The second-order valence-corrected chi connectivity index (χ2v) is 7.18. The molecular formula is C25H22FN3O3. The highest BCUT2D eigenvalue weighted by molar-refractivity contribution is 6.08. The van der Waals surface area contributed by atoms with E-state index >= 15 is 0 Å². The number of carbonyl (C=O) groups is 1. The highest BCUT2D eigenvalue weighted by Crippen LogP contribution is 2.33. The molecule has 0 aliphatic rings. The minimum Gasteiger partial charge on any atom is -0.493 e. The molecule has 1 heterocycles. The summed E-state index contributed by atoms with van der Waals surface area (Å²) in [4.78, 5) is 13.2. The molecule has 1 aromatic heterocycles. The Kier molecular flexibility index (Phi) is 5.89. The maximum atomic E-state index is 14.3. The van der Waals surface area contributed by atoms with Gasteiger partial charge in [0, 0.05) is 11.8 Å². The highest BCUT2D eigenvalue weighted by atomic mass is 19.1. The van der Waals surface area contributed by atoms with Gasteiger partial charge in [0.05, 0.1) is 31.2 Å². The molecule has 0 aliphatic heterocycles. The number of rotatable bonds is 6. The van der Waals surface area contributed by atoms with Gasteiger partial charge in [-0.2, -0.15) is 5.10 Å². The van der Waals surface area contributed by atoms with Gasteiger partial charge < -0.3 is 14.8 Å². The first kappa shape index (κ1) is 21.1. The van der Waals surface area contributed by atoms with E-state index in [9.17, 15) is 9.18 Å². The molecule has 7 heteroatoms. The predicted octanol–water partition coefficient (Wildman–Crippen LogP) is 5.26. The van der Waals surface area contributed by atoms with Gasteiger partial charge in [-0.3, -0.25) is 4.79 Å². The summed E-state index contributed by atoms with van der Waals surface area (Å²) in [6, 6.07) is 19.4. The van der Waals surface area contributed by atoms with Crippen molar-refractivity contribution in [2.75, 3.05) is 19.5 Å². The fraction of sp³-hybridized carbons (Fsp3) is 0.120. The smallest absolute Gasteiger partial charge is 0.259 e. The van der Waals surface area contributed by atoms with E-state index in [0.29, 0.717) is 28.3 Å². The van der Waals surface area contributed by atoms with Crippen molar-refractivity contribution in [3.05, 3.63) is 89.9 Å². The van der Waals surface area contributed by atoms with Gasteiger partial charge in [-0.05, 0) is 55.0 Å². The number of hydrogen-bond donors (Lipinski definition) is 1. The Hall–Kier alpha value is -4.13. The molecule has 0 saturated heterocycles. The van der Waals surface area contributed by atoms with Crippen LogP contribution in [0.4, 0.5) is 10.1 Å². The molecule has 0 radical (unpaired) electrons. The number of nitrogens with zero attached hydrogens (tertiary/aromatic N) is 2. The van der Waals surface area contributed by atoms with Gasteiger partial charge in [0.1, 0.15) is 11.5 Å². The number of aryl methyl sites for hydroxylation is 1. The fourth-order valence-corrected chi connectivity index (χ4v) is 3.36. The molecule has 0 bridgehead atoms. The summed E-state index contributed by atoms with van der Waals surface area (Å²) < 4.78 is 26.7. The van der Waals surface area contributed by atoms with Crippen LogP contribution in [-0.4, -0.2) is 29.9 Å². The summed E-state index contributed by atoms with van der Waals surface area (Å²) in [7, 11) is 3.09. The first-order valence-electron chi connectivity index (χ1n) is 9.95. The van der Waals surface area contributed by atoms with Crippen molar-refractivity contribution in [1.29, 1.82) is 0 Å². The van der Waals surface area contributed by atoms with E-state index in [2.05, 4.69) is 10.4 Å². The number of carbonyl (C=O) groups excluding carboxylic acids is 1. The zero-order valence-electron chi connectivity index (χ0n) is 17.9. The first-order chi connectivity index (χ1) is 15.5. The van der Waals surface area contributed by atoms with Gasteiger partial charge in [-0.1, -0.05) is 24.3 Å². The van der Waals surface area contributed by atoms with Crippen LogP contribution >= 0.6 is 0 Å². The lowest BCUT2D eigenvalue weighted by Crippen LogP contribution is -2.13. The quantitative estimate of drug-likeness (QED) is 0.453. The van der Waals surface area contributed by atoms with Crippen molar-refractivity contribution in [3.63, 3.8) is 0 Å². The summed E-state index contributed by atoms with van der Waals surface area (Å²) in [6.45, 7) is 1.79. The van der Waals surface area contributed by atoms with Gasteiger partial charge in [0.15, 0.2) is 11.5 Å². The standard InChI is InChI=1S/C25H22FN3O3/c1-16-9-11-21(20(26)13-16)27-25(30)19-15-29(18-7-5-4-6-8-18)28-24(19)17-10-12-22(31-2)23(14-17)32-3/h4-15H,1-3H3,(H,27,30). The number of amides is 1. The number of halogens is 1. The third-order valence-electron chi connectivity index (χ3n) is 5.01. The van der Waals surface area contributed by atoms with E-state index in [4.69, 9.17) is 9.47 Å². The Morgan fingerprint density at radius 3 is 2.41 bits per heavy atom. The van der Waals surface area contributed by atoms with Gasteiger partial charge in [-0.25, -0.2) is 9.07 Å². The van der Waals surface area contributed by atoms with Crippen molar-refractivity contribution in [3.8, 4) is 28.4 Å². The lowest BCUT2D eigenvalue weighted by molar-refractivity contribution is 0.102. The molecule has 0 saturated carbocycles. The monoisotopic (exact) mass is 431 g/mol. The molecule has 1 amide bonds. The number of benzene rings is 3. The van der Waals surface area contributed by atoms with Crippen molar-refractivity contribution >= 4 is 11.6 Å². The average molecular weight is 431 g/mol. The maximum Gasteiger partial charge on any atom is 0.259 e. The van der Waals surface area contributed by atoms with E-state index in [1.54, 1.807) is 55.2 Å². The van der Waals surface area contributed by atoms with E-state index in [0.717, 1.165) is 11.3 Å². The summed E-state index contributed by atoms with van der Waals surface area (Å²) in [5.41, 5.74) is 3.04. The Morgan fingerprint density at radius 2 is 1.72 bits per heavy atom. The summed E-state index contributed by atoms with van der Waals surface area (Å²) in [6.07, 6.45) is 1.63. The minimum atomic E-state index is -0.499. The number of anilines is 1. The third kappa shape index (κ3) is 4.18. The molecule has 3 aromatic carbocycles. The van der Waals surface area contributed by atoms with Crippen molar-refractivity contribution in [1.82, 2.24) is 9.78 Å². The summed E-state index contributed by atoms with van der Waals surface area (Å²) in [5.74, 6) is 0.0999. The number of aromatic nitrogens is 2. The number of hydrogen-bond acceptors (Lipinski definition) is 4. The van der Waals surface area contributed by atoms with E-state index in [-0.39, 0.29) is 5.69 Å². The SMILES string of the molecule is COc1ccc(-c2nn(-c3ccccc3)cc2C(=O)Nc2ccc(C)cc2F)cc1OC. The van der Waals surface area contributed by atoms with Gasteiger partial charge in [0.25, 0.3) is 5.91 Å². The molecule has 0 aliphatic carbocycles. The average Bonchev–Trinajstić information content (AvgIpc) is 3.26. The van der Waals surface area contributed by atoms with Crippen LogP contribution < -0.4 is 14.8 Å². The first-order valence-corrected chi connectivity index (χ1v) is 9.95. The molecule has 0 fully saturated rings. The van der Waals surface area contributed by atoms with Crippen molar-refractivity contribution in [2.24, 2.45) is 0 Å². The molecule has 162 valence electrons. The lowest BCUT2D eigenvalue weighted by Gasteiger charge is -2.10. The second-order valence-electron chi connectivity index (χ2n) is 7.18. The van der Waals surface area contributed by atoms with E-state index in [1.165, 1.54) is 13.2 Å². The molecule has 4 aromatic rings. The molecule has 0 spiro atoms. The third-order valence-corrected chi connectivity index (χ3v) is 5.01. The minimum absolute atomic E-state index is 0.103. The number of nitrogens with one attached hydrogen (secondary N) is 1. The van der Waals surface area contributed by atoms with Crippen LogP contribution in [0, 0.1) is 12.7 Å². The maximum absolute atomic E-state index is 14.3. The van der Waals surface area contributed by atoms with Crippen LogP contribution in [0.1, 0.15) is 15.9 Å². The van der Waals surface area contributed by atoms with Crippen LogP contribution in [0.25, 0.3) is 16.9 Å². The Morgan fingerprint density at radius 1 is 0.969 bits per heavy atom. The molecule has 4 rings (SSSR count). The van der Waals surface area contributed by atoms with E-state index in [1.807, 2.05) is 30.3 Å². The molecule has 32 heavy (non-hydrogen) atoms. The normalized spacial score (nSPS) is 10.6. The van der Waals surface area contributed by atoms with Crippen molar-refractivity contribution < 1.29 is 18.7 Å². The Balaban J connectivity index is 1.80. The zero-order valence-corrected chi connectivity index (χ0v) is 17.9. The molecular weight excluding hydrogens is 409 g/mol. The van der Waals surface area contributed by atoms with Gasteiger partial charge in [-0.15, -0.1) is 0 Å². The van der Waals surface area contributed by atoms with Crippen LogP contribution in [-0.2, 0) is 0 Å². The van der Waals surface area contributed by atoms with Crippen molar-refractivity contribution in [2.45, 2.75) is 6.92 Å². The van der Waals surface area contributed by atoms with Gasteiger partial charge in [0.2, 0.25) is 0 Å². The summed E-state index contributed by atoms with van der Waals surface area (Å²) >= 11 is 0. The number of ether oxygens (including phenoxy) is 2. The number of para-hydroxylation sites is 1. The van der Waals surface area contributed by atoms with Gasteiger partial charge >= 0.3 is 0 Å². The Bertz CT molecular complexity index is 1270. The van der Waals surface area contributed by atoms with Crippen LogP contribution in [0.15, 0.2) is 72.9 Å². The zero-order chi connectivity index (χ0) is 22.7. The molecule has 0 unspecified atom stereocenters. The fourth-order valence-electron chi connectivity index (χ4n) is 3.36. The molecule has 1 N–H and O–H groups in total. The molecule has 0 atom stereocenters. The van der Waals surface area contributed by atoms with Crippen LogP contribution in [0.2, 0.25) is 0 Å².